The predicted octanol–water partition coefficient (Wildman–Crippen LogP) is 6.89. The first-order valence-electron chi connectivity index (χ1n) is 12.2. The predicted molar refractivity (Wildman–Crippen MR) is 147 cm³/mol. The minimum atomic E-state index is -0.188. The van der Waals surface area contributed by atoms with Gasteiger partial charge in [0.2, 0.25) is 0 Å². The summed E-state index contributed by atoms with van der Waals surface area (Å²) in [5.74, 6) is 0.200. The van der Waals surface area contributed by atoms with Crippen molar-refractivity contribution in [1.29, 1.82) is 0 Å². The summed E-state index contributed by atoms with van der Waals surface area (Å²) in [5.41, 5.74) is 5.42. The van der Waals surface area contributed by atoms with E-state index in [2.05, 4.69) is 59.7 Å². The molecule has 0 radical (unpaired) electrons. The highest BCUT2D eigenvalue weighted by molar-refractivity contribution is 6.42. The van der Waals surface area contributed by atoms with Gasteiger partial charge in [-0.15, -0.1) is 0 Å². The number of hydrogen-bond donors (Lipinski definition) is 1. The van der Waals surface area contributed by atoms with Crippen LogP contribution in [0.2, 0.25) is 10.0 Å². The zero-order chi connectivity index (χ0) is 24.4. The van der Waals surface area contributed by atoms with E-state index in [-0.39, 0.29) is 17.1 Å². The number of carbonyl (C=O) groups excluding carboxylic acids is 1. The Labute approximate surface area is 217 Å². The Balaban J connectivity index is 1.47. The van der Waals surface area contributed by atoms with Crippen LogP contribution in [-0.2, 0) is 10.2 Å². The largest absolute Gasteiger partial charge is 0.374 e. The third-order valence-electron chi connectivity index (χ3n) is 7.59. The van der Waals surface area contributed by atoms with Gasteiger partial charge in [-0.2, -0.15) is 0 Å². The van der Waals surface area contributed by atoms with Gasteiger partial charge in [0.05, 0.1) is 10.0 Å². The number of hydrogen-bond acceptors (Lipinski definition) is 3. The maximum atomic E-state index is 14.1. The van der Waals surface area contributed by atoms with E-state index >= 15 is 0 Å². The highest BCUT2D eigenvalue weighted by Crippen LogP contribution is 2.49. The zero-order valence-electron chi connectivity index (χ0n) is 19.9. The van der Waals surface area contributed by atoms with Crippen molar-refractivity contribution >= 4 is 40.7 Å². The van der Waals surface area contributed by atoms with Crippen LogP contribution in [0.1, 0.15) is 41.9 Å². The molecule has 1 spiro atoms. The molecule has 180 valence electrons. The van der Waals surface area contributed by atoms with Crippen molar-refractivity contribution < 1.29 is 4.79 Å². The van der Waals surface area contributed by atoms with Crippen LogP contribution in [0, 0.1) is 0 Å². The van der Waals surface area contributed by atoms with Gasteiger partial charge in [0.15, 0.2) is 5.78 Å². The van der Waals surface area contributed by atoms with Gasteiger partial charge in [0, 0.05) is 42.6 Å². The molecule has 3 nitrogen and oxygen atoms in total. The molecule has 0 bridgehead atoms. The molecular formula is C30H30Cl2N2O. The number of likely N-dealkylation sites (N-methyl/N-ethyl adjacent to an activating group) is 1. The van der Waals surface area contributed by atoms with Crippen molar-refractivity contribution in [3.05, 3.63) is 105 Å². The lowest BCUT2D eigenvalue weighted by atomic mass is 9.68. The van der Waals surface area contributed by atoms with Crippen LogP contribution < -0.4 is 10.2 Å². The number of rotatable bonds is 7. The molecule has 1 aliphatic carbocycles. The summed E-state index contributed by atoms with van der Waals surface area (Å²) in [5, 5.41) is 4.52. The summed E-state index contributed by atoms with van der Waals surface area (Å²) >= 11 is 12.6. The minimum absolute atomic E-state index is 0.0224. The van der Waals surface area contributed by atoms with Crippen LogP contribution in [0.5, 0.6) is 0 Å². The number of benzene rings is 3. The summed E-state index contributed by atoms with van der Waals surface area (Å²) in [6, 6.07) is 24.5. The van der Waals surface area contributed by atoms with E-state index in [0.29, 0.717) is 23.0 Å². The Kier molecular flexibility index (Phi) is 7.02. The number of para-hydroxylation sites is 1. The van der Waals surface area contributed by atoms with Gasteiger partial charge >= 0.3 is 0 Å². The van der Waals surface area contributed by atoms with Gasteiger partial charge in [0.25, 0.3) is 0 Å². The van der Waals surface area contributed by atoms with Crippen LogP contribution >= 0.6 is 23.2 Å². The van der Waals surface area contributed by atoms with E-state index in [1.807, 2.05) is 36.4 Å². The van der Waals surface area contributed by atoms with Crippen LogP contribution in [0.3, 0.4) is 0 Å². The highest BCUT2D eigenvalue weighted by atomic mass is 35.5. The van der Waals surface area contributed by atoms with E-state index in [4.69, 9.17) is 23.2 Å². The first-order chi connectivity index (χ1) is 17.0. The molecule has 0 aromatic heterocycles. The maximum absolute atomic E-state index is 14.1. The molecule has 1 saturated heterocycles. The topological polar surface area (TPSA) is 32.3 Å². The van der Waals surface area contributed by atoms with Crippen molar-refractivity contribution in [3.63, 3.8) is 0 Å². The number of nitrogens with one attached hydrogen (secondary N) is 1. The van der Waals surface area contributed by atoms with Crippen molar-refractivity contribution in [1.82, 2.24) is 5.32 Å². The second kappa shape index (κ2) is 10.2. The molecule has 0 unspecified atom stereocenters. The Morgan fingerprint density at radius 1 is 0.971 bits per heavy atom. The summed E-state index contributed by atoms with van der Waals surface area (Å²) < 4.78 is 0. The number of halogens is 2. The van der Waals surface area contributed by atoms with Crippen LogP contribution in [0.4, 0.5) is 5.69 Å². The molecule has 35 heavy (non-hydrogen) atoms. The summed E-state index contributed by atoms with van der Waals surface area (Å²) in [4.78, 5) is 16.3. The normalized spacial score (nSPS) is 17.1. The van der Waals surface area contributed by atoms with Crippen LogP contribution in [-0.4, -0.2) is 32.5 Å². The standard InChI is InChI=1S/C30H30Cl2N2O/c1-34(24-8-3-2-4-9-24)20-23(21-11-12-27(31)28(32)18-21)19-29(35)26-17-22-7-5-6-10-25(22)30(26)13-15-33-16-14-30/h2-12,17-18,23,33H,13-16,19-20H2,1H3/t23-/m1/s1. The second-order valence-corrected chi connectivity index (χ2v) is 10.5. The summed E-state index contributed by atoms with van der Waals surface area (Å²) in [6.07, 6.45) is 4.46. The number of allylic oxidation sites excluding steroid dienone is 1. The fourth-order valence-corrected chi connectivity index (χ4v) is 6.05. The molecule has 1 N–H and O–H groups in total. The van der Waals surface area contributed by atoms with E-state index in [0.717, 1.165) is 42.8 Å². The number of carbonyl (C=O) groups is 1. The summed E-state index contributed by atoms with van der Waals surface area (Å²) in [7, 11) is 2.07. The molecule has 5 heteroatoms. The molecule has 3 aromatic rings. The van der Waals surface area contributed by atoms with Crippen molar-refractivity contribution in [2.24, 2.45) is 0 Å². The number of Topliss-reactive ketones (excluding diaryl/α,β-unsaturated/α-hetero) is 1. The second-order valence-electron chi connectivity index (χ2n) is 9.69. The SMILES string of the molecule is CN(C[C@@H](CC(=O)C1=Cc2ccccc2C12CCNCC2)c1ccc(Cl)c(Cl)c1)c1ccccc1. The number of ketones is 1. The Hall–Kier alpha value is -2.59. The van der Waals surface area contributed by atoms with Crippen molar-refractivity contribution in [3.8, 4) is 0 Å². The van der Waals surface area contributed by atoms with Gasteiger partial charge in [0.1, 0.15) is 0 Å². The molecule has 0 amide bonds. The minimum Gasteiger partial charge on any atom is -0.374 e. The van der Waals surface area contributed by atoms with Gasteiger partial charge in [-0.05, 0) is 73.0 Å². The molecule has 2 aliphatic rings. The number of nitrogens with zero attached hydrogens (tertiary/aromatic N) is 1. The van der Waals surface area contributed by atoms with Crippen molar-refractivity contribution in [2.45, 2.75) is 30.6 Å². The first-order valence-corrected chi connectivity index (χ1v) is 13.0. The number of fused-ring (bicyclic) bond motifs is 2. The fraction of sp³-hybridized carbons (Fsp3) is 0.300. The lowest BCUT2D eigenvalue weighted by Gasteiger charge is -2.38. The highest BCUT2D eigenvalue weighted by Gasteiger charge is 2.45. The molecule has 1 heterocycles. The van der Waals surface area contributed by atoms with Crippen LogP contribution in [0.15, 0.2) is 78.4 Å². The average molecular weight is 505 g/mol. The van der Waals surface area contributed by atoms with Gasteiger partial charge in [-0.3, -0.25) is 4.79 Å². The Morgan fingerprint density at radius 3 is 2.43 bits per heavy atom. The maximum Gasteiger partial charge on any atom is 0.160 e. The summed E-state index contributed by atoms with van der Waals surface area (Å²) in [6.45, 7) is 2.54. The van der Waals surface area contributed by atoms with E-state index in [9.17, 15) is 4.79 Å². The molecular weight excluding hydrogens is 475 g/mol. The van der Waals surface area contributed by atoms with Gasteiger partial charge in [-0.25, -0.2) is 0 Å². The van der Waals surface area contributed by atoms with Crippen molar-refractivity contribution in [2.75, 3.05) is 31.6 Å². The van der Waals surface area contributed by atoms with Gasteiger partial charge < -0.3 is 10.2 Å². The number of anilines is 1. The Morgan fingerprint density at radius 2 is 1.69 bits per heavy atom. The van der Waals surface area contributed by atoms with Crippen LogP contribution in [0.25, 0.3) is 6.08 Å². The third kappa shape index (κ3) is 4.78. The lowest BCUT2D eigenvalue weighted by Crippen LogP contribution is -2.42. The Bertz CT molecular complexity index is 1250. The van der Waals surface area contributed by atoms with E-state index in [1.54, 1.807) is 0 Å². The van der Waals surface area contributed by atoms with E-state index in [1.165, 1.54) is 11.1 Å². The number of piperidine rings is 1. The molecule has 0 saturated carbocycles. The zero-order valence-corrected chi connectivity index (χ0v) is 21.4. The monoisotopic (exact) mass is 504 g/mol. The smallest absolute Gasteiger partial charge is 0.160 e. The lowest BCUT2D eigenvalue weighted by molar-refractivity contribution is -0.116. The van der Waals surface area contributed by atoms with Gasteiger partial charge in [-0.1, -0.05) is 71.7 Å². The molecule has 1 fully saturated rings. The third-order valence-corrected chi connectivity index (χ3v) is 8.33. The average Bonchev–Trinajstić information content (AvgIpc) is 3.20. The quantitative estimate of drug-likeness (QED) is 0.380. The molecule has 3 aromatic carbocycles. The molecule has 1 aliphatic heterocycles. The first kappa shape index (κ1) is 24.1. The fourth-order valence-electron chi connectivity index (χ4n) is 5.74. The molecule has 5 rings (SSSR count). The van der Waals surface area contributed by atoms with E-state index < -0.39 is 0 Å². The molecule has 1 atom stereocenters.